The molecule has 1 aliphatic heterocycles. The molecule has 0 radical (unpaired) electrons. The Morgan fingerprint density at radius 3 is 2.41 bits per heavy atom. The van der Waals surface area contributed by atoms with Crippen molar-refractivity contribution in [3.63, 3.8) is 0 Å². The average Bonchev–Trinajstić information content (AvgIpc) is 2.99. The van der Waals surface area contributed by atoms with Crippen molar-refractivity contribution in [1.82, 2.24) is 10.2 Å². The van der Waals surface area contributed by atoms with E-state index in [0.717, 1.165) is 17.0 Å². The van der Waals surface area contributed by atoms with Crippen molar-refractivity contribution < 1.29 is 23.7 Å². The number of amides is 4. The number of nitro groups is 1. The van der Waals surface area contributed by atoms with Crippen LogP contribution in [0.25, 0.3) is 0 Å². The highest BCUT2D eigenvalue weighted by Gasteiger charge is 2.49. The van der Waals surface area contributed by atoms with E-state index in [2.05, 4.69) is 5.32 Å². The molecule has 4 amide bonds. The van der Waals surface area contributed by atoms with Crippen LogP contribution in [0.5, 0.6) is 0 Å². The Morgan fingerprint density at radius 1 is 1.22 bits per heavy atom. The predicted octanol–water partition coefficient (Wildman–Crippen LogP) is 2.45. The molecule has 1 fully saturated rings. The van der Waals surface area contributed by atoms with Crippen molar-refractivity contribution in [3.8, 4) is 6.07 Å². The number of imide groups is 1. The summed E-state index contributed by atoms with van der Waals surface area (Å²) in [6.45, 7) is 0.826. The van der Waals surface area contributed by atoms with Gasteiger partial charge in [0.1, 0.15) is 17.9 Å². The van der Waals surface area contributed by atoms with Crippen LogP contribution in [-0.2, 0) is 15.1 Å². The molecular weight excluding hydrogens is 421 g/mol. The lowest BCUT2D eigenvalue weighted by molar-refractivity contribution is -0.384. The Labute approximate surface area is 182 Å². The smallest absolute Gasteiger partial charge is 0.319 e. The van der Waals surface area contributed by atoms with Gasteiger partial charge in [-0.3, -0.25) is 24.6 Å². The molecule has 0 aliphatic carbocycles. The second-order valence-corrected chi connectivity index (χ2v) is 7.18. The molecule has 0 unspecified atom stereocenters. The van der Waals surface area contributed by atoms with Crippen molar-refractivity contribution in [2.45, 2.75) is 18.9 Å². The van der Waals surface area contributed by atoms with Crippen LogP contribution in [0.3, 0.4) is 0 Å². The number of nitriles is 1. The molecule has 11 heteroatoms. The first-order valence-corrected chi connectivity index (χ1v) is 9.49. The van der Waals surface area contributed by atoms with E-state index >= 15 is 0 Å². The Balaban J connectivity index is 1.82. The molecular formula is C21H18FN5O5. The van der Waals surface area contributed by atoms with Gasteiger partial charge >= 0.3 is 6.03 Å². The summed E-state index contributed by atoms with van der Waals surface area (Å²) in [7, 11) is 0. The Bertz CT molecular complexity index is 1110. The van der Waals surface area contributed by atoms with Crippen LogP contribution in [0.4, 0.5) is 20.6 Å². The van der Waals surface area contributed by atoms with Gasteiger partial charge in [-0.25, -0.2) is 9.18 Å². The number of nitrogens with one attached hydrogen (secondary N) is 1. The van der Waals surface area contributed by atoms with E-state index in [1.807, 2.05) is 6.07 Å². The number of urea groups is 1. The summed E-state index contributed by atoms with van der Waals surface area (Å²) < 4.78 is 13.3. The van der Waals surface area contributed by atoms with Crippen LogP contribution >= 0.6 is 0 Å². The number of nitrogens with zero attached hydrogens (tertiary/aromatic N) is 4. The van der Waals surface area contributed by atoms with Crippen LogP contribution in [0.2, 0.25) is 0 Å². The lowest BCUT2D eigenvalue weighted by Gasteiger charge is -2.25. The van der Waals surface area contributed by atoms with Gasteiger partial charge in [0, 0.05) is 24.4 Å². The molecule has 164 valence electrons. The standard InChI is InChI=1S/C21H18FN5O5/c1-21(14-3-7-17(8-4-14)27(31)32)19(29)26(20(30)24-21)13-18(28)25(12-2-11-23)16-9-5-15(22)6-10-16/h3-10H,2,12-13H2,1H3,(H,24,30)/t21-/m1/s1. The van der Waals surface area contributed by atoms with E-state index in [0.29, 0.717) is 11.3 Å². The molecule has 32 heavy (non-hydrogen) atoms. The number of anilines is 1. The maximum atomic E-state index is 13.3. The minimum absolute atomic E-state index is 0.00969. The van der Waals surface area contributed by atoms with Crippen LogP contribution < -0.4 is 10.2 Å². The second kappa shape index (κ2) is 8.81. The molecule has 1 N–H and O–H groups in total. The Morgan fingerprint density at radius 2 is 1.84 bits per heavy atom. The molecule has 0 saturated carbocycles. The zero-order valence-corrected chi connectivity index (χ0v) is 16.9. The van der Waals surface area contributed by atoms with Gasteiger partial charge in [0.2, 0.25) is 5.91 Å². The van der Waals surface area contributed by atoms with E-state index in [1.54, 1.807) is 0 Å². The van der Waals surface area contributed by atoms with Crippen molar-refractivity contribution in [2.75, 3.05) is 18.0 Å². The number of hydrogen-bond acceptors (Lipinski definition) is 6. The molecule has 2 aromatic carbocycles. The molecule has 0 aromatic heterocycles. The van der Waals surface area contributed by atoms with E-state index < -0.39 is 40.7 Å². The fourth-order valence-electron chi connectivity index (χ4n) is 3.35. The Kier molecular flexibility index (Phi) is 6.15. The van der Waals surface area contributed by atoms with Crippen LogP contribution in [0.1, 0.15) is 18.9 Å². The predicted molar refractivity (Wildman–Crippen MR) is 110 cm³/mol. The zero-order chi connectivity index (χ0) is 23.5. The number of halogens is 1. The van der Waals surface area contributed by atoms with E-state index in [4.69, 9.17) is 5.26 Å². The maximum absolute atomic E-state index is 13.3. The lowest BCUT2D eigenvalue weighted by Crippen LogP contribution is -2.45. The summed E-state index contributed by atoms with van der Waals surface area (Å²) in [5.41, 5.74) is -1.05. The third kappa shape index (κ3) is 4.24. The van der Waals surface area contributed by atoms with Gasteiger partial charge < -0.3 is 10.2 Å². The Hall–Kier alpha value is -4.33. The highest BCUT2D eigenvalue weighted by molar-refractivity contribution is 6.10. The molecule has 1 heterocycles. The van der Waals surface area contributed by atoms with Crippen LogP contribution in [0.15, 0.2) is 48.5 Å². The number of carbonyl (C=O) groups excluding carboxylic acids is 3. The van der Waals surface area contributed by atoms with Gasteiger partial charge in [-0.1, -0.05) is 0 Å². The summed E-state index contributed by atoms with van der Waals surface area (Å²) in [6, 6.07) is 11.3. The van der Waals surface area contributed by atoms with Gasteiger partial charge in [-0.05, 0) is 48.9 Å². The van der Waals surface area contributed by atoms with Crippen molar-refractivity contribution in [1.29, 1.82) is 5.26 Å². The van der Waals surface area contributed by atoms with Gasteiger partial charge in [-0.15, -0.1) is 0 Å². The van der Waals surface area contributed by atoms with Gasteiger partial charge in [-0.2, -0.15) is 5.26 Å². The second-order valence-electron chi connectivity index (χ2n) is 7.18. The van der Waals surface area contributed by atoms with Crippen molar-refractivity contribution >= 4 is 29.2 Å². The van der Waals surface area contributed by atoms with E-state index in [9.17, 15) is 28.9 Å². The molecule has 0 spiro atoms. The van der Waals surface area contributed by atoms with Crippen molar-refractivity contribution in [3.05, 3.63) is 70.0 Å². The molecule has 2 aromatic rings. The molecule has 3 rings (SSSR count). The largest absolute Gasteiger partial charge is 0.325 e. The number of nitro benzene ring substituents is 1. The number of rotatable bonds is 7. The average molecular weight is 439 g/mol. The molecule has 0 bridgehead atoms. The first-order valence-electron chi connectivity index (χ1n) is 9.49. The molecule has 1 atom stereocenters. The summed E-state index contributed by atoms with van der Waals surface area (Å²) in [5, 5.41) is 22.3. The fourth-order valence-corrected chi connectivity index (χ4v) is 3.35. The maximum Gasteiger partial charge on any atom is 0.325 e. The number of non-ortho nitro benzene ring substituents is 1. The molecule has 1 saturated heterocycles. The molecule has 1 aliphatic rings. The SMILES string of the molecule is C[C@]1(c2ccc([N+](=O)[O-])cc2)NC(=O)N(CC(=O)N(CCC#N)c2ccc(F)cc2)C1=O. The quantitative estimate of drug-likeness (QED) is 0.400. The minimum Gasteiger partial charge on any atom is -0.319 e. The number of carbonyl (C=O) groups is 3. The van der Waals surface area contributed by atoms with Gasteiger partial charge in [0.15, 0.2) is 0 Å². The van der Waals surface area contributed by atoms with Crippen LogP contribution in [-0.4, -0.2) is 40.8 Å². The normalized spacial score (nSPS) is 17.6. The zero-order valence-electron chi connectivity index (χ0n) is 16.9. The summed E-state index contributed by atoms with van der Waals surface area (Å²) in [4.78, 5) is 50.7. The monoisotopic (exact) mass is 439 g/mol. The highest BCUT2D eigenvalue weighted by atomic mass is 19.1. The van der Waals surface area contributed by atoms with Crippen LogP contribution in [0, 0.1) is 27.3 Å². The van der Waals surface area contributed by atoms with E-state index in [-0.39, 0.29) is 18.7 Å². The van der Waals surface area contributed by atoms with Gasteiger partial charge in [0.05, 0.1) is 17.4 Å². The number of benzene rings is 2. The topological polar surface area (TPSA) is 137 Å². The third-order valence-electron chi connectivity index (χ3n) is 5.11. The first-order chi connectivity index (χ1) is 15.2. The highest BCUT2D eigenvalue weighted by Crippen LogP contribution is 2.30. The fraction of sp³-hybridized carbons (Fsp3) is 0.238. The summed E-state index contributed by atoms with van der Waals surface area (Å²) in [6.07, 6.45) is -0.0101. The number of hydrogen-bond donors (Lipinski definition) is 1. The summed E-state index contributed by atoms with van der Waals surface area (Å²) in [5.74, 6) is -1.85. The van der Waals surface area contributed by atoms with Crippen molar-refractivity contribution in [2.24, 2.45) is 0 Å². The molecule has 10 nitrogen and oxygen atoms in total. The minimum atomic E-state index is -1.51. The summed E-state index contributed by atoms with van der Waals surface area (Å²) >= 11 is 0. The van der Waals surface area contributed by atoms with E-state index in [1.165, 1.54) is 48.2 Å². The van der Waals surface area contributed by atoms with Gasteiger partial charge in [0.25, 0.3) is 11.6 Å². The third-order valence-corrected chi connectivity index (χ3v) is 5.11. The lowest BCUT2D eigenvalue weighted by atomic mass is 9.92. The first kappa shape index (κ1) is 22.4.